The fourth-order valence-electron chi connectivity index (χ4n) is 1.58. The third-order valence-electron chi connectivity index (χ3n) is 2.27. The van der Waals surface area contributed by atoms with Crippen molar-refractivity contribution in [2.24, 2.45) is 0 Å². The molecule has 1 aromatic rings. The van der Waals surface area contributed by atoms with E-state index in [1.807, 2.05) is 18.7 Å². The number of likely N-dealkylation sites (N-methyl/N-ethyl adjacent to an activating group) is 1. The first-order valence-corrected chi connectivity index (χ1v) is 4.93. The Morgan fingerprint density at radius 3 is 2.86 bits per heavy atom. The average Bonchev–Trinajstić information content (AvgIpc) is 2.55. The number of aromatic nitrogens is 2. The summed E-state index contributed by atoms with van der Waals surface area (Å²) in [5, 5.41) is 7.62. The van der Waals surface area contributed by atoms with Gasteiger partial charge in [0.05, 0.1) is 24.0 Å². The highest BCUT2D eigenvalue weighted by molar-refractivity contribution is 5.13. The molecule has 0 saturated heterocycles. The predicted octanol–water partition coefficient (Wildman–Crippen LogP) is 1.12. The van der Waals surface area contributed by atoms with Crippen molar-refractivity contribution in [1.82, 2.24) is 15.1 Å². The molecule has 1 atom stereocenters. The molecule has 1 N–H and O–H groups in total. The monoisotopic (exact) mass is 197 g/mol. The molecule has 0 fully saturated rings. The molecule has 0 aliphatic carbocycles. The lowest BCUT2D eigenvalue weighted by atomic mass is 10.2. The highest BCUT2D eigenvalue weighted by Gasteiger charge is 2.14. The van der Waals surface area contributed by atoms with E-state index in [4.69, 9.17) is 4.74 Å². The van der Waals surface area contributed by atoms with Crippen LogP contribution in [0.3, 0.4) is 0 Å². The van der Waals surface area contributed by atoms with Crippen LogP contribution in [0.5, 0.6) is 0 Å². The van der Waals surface area contributed by atoms with Crippen molar-refractivity contribution in [2.75, 3.05) is 20.8 Å². The zero-order valence-corrected chi connectivity index (χ0v) is 9.37. The topological polar surface area (TPSA) is 39.1 Å². The molecule has 0 aromatic carbocycles. The molecule has 0 spiro atoms. The number of rotatable bonds is 5. The van der Waals surface area contributed by atoms with E-state index in [1.165, 1.54) is 5.69 Å². The number of methoxy groups -OCH3 is 1. The van der Waals surface area contributed by atoms with Gasteiger partial charge in [-0.3, -0.25) is 4.68 Å². The van der Waals surface area contributed by atoms with Gasteiger partial charge in [-0.25, -0.2) is 0 Å². The van der Waals surface area contributed by atoms with Gasteiger partial charge in [-0.15, -0.1) is 0 Å². The molecule has 0 saturated carbocycles. The maximum atomic E-state index is 5.15. The standard InChI is InChI=1S/C10H19N3O/c1-5-13-10(6-8(2)12-13)9(11-3)7-14-4/h6,9,11H,5,7H2,1-4H3. The van der Waals surface area contributed by atoms with Gasteiger partial charge in [0.2, 0.25) is 0 Å². The van der Waals surface area contributed by atoms with Gasteiger partial charge in [0.1, 0.15) is 0 Å². The SMILES string of the molecule is CCn1nc(C)cc1C(COC)NC. The smallest absolute Gasteiger partial charge is 0.0727 e. The average molecular weight is 197 g/mol. The summed E-state index contributed by atoms with van der Waals surface area (Å²) >= 11 is 0. The molecule has 1 aromatic heterocycles. The normalized spacial score (nSPS) is 13.1. The van der Waals surface area contributed by atoms with Gasteiger partial charge in [-0.05, 0) is 27.0 Å². The molecular weight excluding hydrogens is 178 g/mol. The van der Waals surface area contributed by atoms with Crippen LogP contribution in [0.2, 0.25) is 0 Å². The summed E-state index contributed by atoms with van der Waals surface area (Å²) in [6, 6.07) is 2.32. The summed E-state index contributed by atoms with van der Waals surface area (Å²) in [6.07, 6.45) is 0. The van der Waals surface area contributed by atoms with E-state index in [1.54, 1.807) is 7.11 Å². The zero-order valence-electron chi connectivity index (χ0n) is 9.37. The Balaban J connectivity index is 2.89. The molecule has 4 nitrogen and oxygen atoms in total. The summed E-state index contributed by atoms with van der Waals surface area (Å²) < 4.78 is 7.16. The van der Waals surface area contributed by atoms with E-state index in [0.29, 0.717) is 6.61 Å². The van der Waals surface area contributed by atoms with Crippen molar-refractivity contribution in [1.29, 1.82) is 0 Å². The van der Waals surface area contributed by atoms with Crippen LogP contribution in [0, 0.1) is 6.92 Å². The third kappa shape index (κ3) is 2.33. The third-order valence-corrected chi connectivity index (χ3v) is 2.27. The van der Waals surface area contributed by atoms with Gasteiger partial charge >= 0.3 is 0 Å². The van der Waals surface area contributed by atoms with E-state index in [9.17, 15) is 0 Å². The van der Waals surface area contributed by atoms with Crippen LogP contribution >= 0.6 is 0 Å². The molecule has 0 amide bonds. The maximum Gasteiger partial charge on any atom is 0.0727 e. The molecule has 0 aliphatic heterocycles. The summed E-state index contributed by atoms with van der Waals surface area (Å²) in [6.45, 7) is 5.66. The number of nitrogens with zero attached hydrogens (tertiary/aromatic N) is 2. The molecule has 1 rings (SSSR count). The Bertz CT molecular complexity index is 283. The molecule has 14 heavy (non-hydrogen) atoms. The Kier molecular flexibility index (Phi) is 4.10. The Labute approximate surface area is 85.3 Å². The van der Waals surface area contributed by atoms with Crippen molar-refractivity contribution in [3.8, 4) is 0 Å². The highest BCUT2D eigenvalue weighted by atomic mass is 16.5. The number of nitrogens with one attached hydrogen (secondary N) is 1. The van der Waals surface area contributed by atoms with Crippen molar-refractivity contribution in [3.63, 3.8) is 0 Å². The number of hydrogen-bond donors (Lipinski definition) is 1. The van der Waals surface area contributed by atoms with E-state index in [-0.39, 0.29) is 6.04 Å². The second-order valence-electron chi connectivity index (χ2n) is 3.32. The van der Waals surface area contributed by atoms with Crippen LogP contribution in [0.15, 0.2) is 6.07 Å². The van der Waals surface area contributed by atoms with Crippen LogP contribution in [0.1, 0.15) is 24.4 Å². The minimum atomic E-state index is 0.223. The van der Waals surface area contributed by atoms with E-state index in [0.717, 1.165) is 12.2 Å². The fourth-order valence-corrected chi connectivity index (χ4v) is 1.58. The Hall–Kier alpha value is -0.870. The van der Waals surface area contributed by atoms with Gasteiger partial charge in [0.25, 0.3) is 0 Å². The number of aryl methyl sites for hydroxylation is 2. The van der Waals surface area contributed by atoms with Crippen LogP contribution in [0.4, 0.5) is 0 Å². The summed E-state index contributed by atoms with van der Waals surface area (Å²) in [4.78, 5) is 0. The lowest BCUT2D eigenvalue weighted by Crippen LogP contribution is -2.24. The van der Waals surface area contributed by atoms with Gasteiger partial charge in [0.15, 0.2) is 0 Å². The van der Waals surface area contributed by atoms with Gasteiger partial charge in [0, 0.05) is 13.7 Å². The van der Waals surface area contributed by atoms with Gasteiger partial charge in [-0.1, -0.05) is 0 Å². The van der Waals surface area contributed by atoms with Crippen LogP contribution < -0.4 is 5.32 Å². The largest absolute Gasteiger partial charge is 0.383 e. The fraction of sp³-hybridized carbons (Fsp3) is 0.700. The van der Waals surface area contributed by atoms with Gasteiger partial charge in [-0.2, -0.15) is 5.10 Å². The molecule has 80 valence electrons. The summed E-state index contributed by atoms with van der Waals surface area (Å²) in [7, 11) is 3.65. The summed E-state index contributed by atoms with van der Waals surface area (Å²) in [5.41, 5.74) is 2.24. The van der Waals surface area contributed by atoms with E-state index in [2.05, 4.69) is 23.4 Å². The Morgan fingerprint density at radius 2 is 2.36 bits per heavy atom. The Morgan fingerprint density at radius 1 is 1.64 bits per heavy atom. The molecule has 4 heteroatoms. The first kappa shape index (κ1) is 11.2. The minimum Gasteiger partial charge on any atom is -0.383 e. The van der Waals surface area contributed by atoms with Crippen molar-refractivity contribution < 1.29 is 4.74 Å². The molecule has 0 aliphatic rings. The zero-order chi connectivity index (χ0) is 10.6. The number of ether oxygens (including phenoxy) is 1. The van der Waals surface area contributed by atoms with Crippen molar-refractivity contribution in [3.05, 3.63) is 17.5 Å². The second-order valence-corrected chi connectivity index (χ2v) is 3.32. The second kappa shape index (κ2) is 5.12. The first-order chi connectivity index (χ1) is 6.72. The molecule has 0 bridgehead atoms. The van der Waals surface area contributed by atoms with Crippen molar-refractivity contribution >= 4 is 0 Å². The van der Waals surface area contributed by atoms with E-state index < -0.39 is 0 Å². The molecular formula is C10H19N3O. The highest BCUT2D eigenvalue weighted by Crippen LogP contribution is 2.14. The first-order valence-electron chi connectivity index (χ1n) is 4.93. The van der Waals surface area contributed by atoms with Crippen LogP contribution in [-0.2, 0) is 11.3 Å². The molecule has 0 radical (unpaired) electrons. The predicted molar refractivity (Wildman–Crippen MR) is 56.3 cm³/mol. The molecule has 1 unspecified atom stereocenters. The lowest BCUT2D eigenvalue weighted by molar-refractivity contribution is 0.167. The van der Waals surface area contributed by atoms with E-state index >= 15 is 0 Å². The summed E-state index contributed by atoms with van der Waals surface area (Å²) in [5.74, 6) is 0. The number of hydrogen-bond acceptors (Lipinski definition) is 3. The van der Waals surface area contributed by atoms with Gasteiger partial charge < -0.3 is 10.1 Å². The molecule has 1 heterocycles. The van der Waals surface area contributed by atoms with Crippen LogP contribution in [0.25, 0.3) is 0 Å². The van der Waals surface area contributed by atoms with Crippen molar-refractivity contribution in [2.45, 2.75) is 26.4 Å². The minimum absolute atomic E-state index is 0.223. The van der Waals surface area contributed by atoms with Crippen LogP contribution in [-0.4, -0.2) is 30.5 Å². The lowest BCUT2D eigenvalue weighted by Gasteiger charge is -2.16. The maximum absolute atomic E-state index is 5.15. The quantitative estimate of drug-likeness (QED) is 0.768.